The quantitative estimate of drug-likeness (QED) is 0.380. The fourth-order valence-electron chi connectivity index (χ4n) is 4.99. The highest BCUT2D eigenvalue weighted by Crippen LogP contribution is 2.40. The van der Waals surface area contributed by atoms with Gasteiger partial charge in [0, 0.05) is 28.5 Å². The maximum Gasteiger partial charge on any atom is 0.419 e. The molecule has 38 heavy (non-hydrogen) atoms. The van der Waals surface area contributed by atoms with E-state index < -0.39 is 29.4 Å². The third kappa shape index (κ3) is 4.30. The van der Waals surface area contributed by atoms with Gasteiger partial charge in [-0.15, -0.1) is 0 Å². The lowest BCUT2D eigenvalue weighted by molar-refractivity contribution is 0.0534. The van der Waals surface area contributed by atoms with Gasteiger partial charge in [-0.2, -0.15) is 0 Å². The third-order valence-electron chi connectivity index (χ3n) is 6.41. The number of para-hydroxylation sites is 2. The van der Waals surface area contributed by atoms with Crippen molar-refractivity contribution >= 4 is 40.6 Å². The number of carbonyl (C=O) groups is 3. The summed E-state index contributed by atoms with van der Waals surface area (Å²) in [7, 11) is 0. The molecule has 1 aromatic heterocycles. The largest absolute Gasteiger partial charge is 0.443 e. The Labute approximate surface area is 220 Å². The summed E-state index contributed by atoms with van der Waals surface area (Å²) in [5.41, 5.74) is 0.232. The summed E-state index contributed by atoms with van der Waals surface area (Å²) in [6.07, 6.45) is 0.307. The van der Waals surface area contributed by atoms with Crippen LogP contribution in [0, 0.1) is 0 Å². The van der Waals surface area contributed by atoms with Gasteiger partial charge in [-0.25, -0.2) is 14.2 Å². The van der Waals surface area contributed by atoms with Crippen LogP contribution in [0.4, 0.5) is 15.3 Å². The smallest absolute Gasteiger partial charge is 0.419 e. The van der Waals surface area contributed by atoms with E-state index in [0.29, 0.717) is 33.3 Å². The van der Waals surface area contributed by atoms with Gasteiger partial charge in [0.05, 0.1) is 22.9 Å². The molecule has 5 rings (SSSR count). The van der Waals surface area contributed by atoms with E-state index in [2.05, 4.69) is 0 Å². The number of amides is 1. The number of pyridine rings is 1. The van der Waals surface area contributed by atoms with E-state index in [9.17, 15) is 19.2 Å². The number of aromatic nitrogens is 1. The van der Waals surface area contributed by atoms with Crippen LogP contribution >= 0.6 is 0 Å². The Morgan fingerprint density at radius 1 is 0.842 bits per heavy atom. The molecule has 8 heteroatoms. The zero-order valence-electron chi connectivity index (χ0n) is 22.3. The van der Waals surface area contributed by atoms with Crippen LogP contribution in [0.2, 0.25) is 0 Å². The van der Waals surface area contributed by atoms with Gasteiger partial charge in [-0.3, -0.25) is 14.5 Å². The zero-order chi connectivity index (χ0) is 27.6. The van der Waals surface area contributed by atoms with Crippen molar-refractivity contribution in [3.8, 4) is 0 Å². The number of hydrogen-bond acceptors (Lipinski definition) is 6. The Morgan fingerprint density at radius 2 is 1.45 bits per heavy atom. The summed E-state index contributed by atoms with van der Waals surface area (Å²) in [6, 6.07) is 12.9. The number of ether oxygens (including phenoxy) is 2. The van der Waals surface area contributed by atoms with E-state index in [-0.39, 0.29) is 23.3 Å². The highest BCUT2D eigenvalue weighted by Gasteiger charge is 2.44. The number of Topliss-reactive ketones (excluding diaryl/α,β-unsaturated/α-hetero) is 1. The summed E-state index contributed by atoms with van der Waals surface area (Å²) in [5, 5.41) is 0.348. The average molecular weight is 515 g/mol. The monoisotopic (exact) mass is 514 g/mol. The Hall–Kier alpha value is -4.20. The Balaban J connectivity index is 1.77. The van der Waals surface area contributed by atoms with Crippen molar-refractivity contribution in [2.24, 2.45) is 0 Å². The number of rotatable bonds is 0. The van der Waals surface area contributed by atoms with Crippen molar-refractivity contribution in [1.29, 1.82) is 0 Å². The molecule has 0 bridgehead atoms. The molecule has 0 saturated heterocycles. The van der Waals surface area contributed by atoms with E-state index in [0.717, 1.165) is 0 Å². The topological polar surface area (TPSA) is 94.9 Å². The van der Waals surface area contributed by atoms with Crippen LogP contribution in [0.5, 0.6) is 0 Å². The molecule has 0 radical (unpaired) electrons. The van der Waals surface area contributed by atoms with E-state index in [1.54, 1.807) is 96.1 Å². The first-order valence-electron chi connectivity index (χ1n) is 12.5. The van der Waals surface area contributed by atoms with Gasteiger partial charge in [0.25, 0.3) is 0 Å². The van der Waals surface area contributed by atoms with Crippen molar-refractivity contribution in [2.75, 3.05) is 4.90 Å². The summed E-state index contributed by atoms with van der Waals surface area (Å²) >= 11 is 0. The summed E-state index contributed by atoms with van der Waals surface area (Å²) in [5.74, 6) is -0.271. The predicted octanol–water partition coefficient (Wildman–Crippen LogP) is 5.73. The van der Waals surface area contributed by atoms with Crippen molar-refractivity contribution in [2.45, 2.75) is 65.2 Å². The summed E-state index contributed by atoms with van der Waals surface area (Å²) in [4.78, 5) is 55.8. The molecule has 2 heterocycles. The molecule has 1 amide bonds. The third-order valence-corrected chi connectivity index (χ3v) is 6.41. The first-order chi connectivity index (χ1) is 17.8. The van der Waals surface area contributed by atoms with Crippen LogP contribution in [0.1, 0.15) is 63.2 Å². The van der Waals surface area contributed by atoms with Crippen LogP contribution in [-0.2, 0) is 15.9 Å². The molecular weight excluding hydrogens is 484 g/mol. The van der Waals surface area contributed by atoms with Crippen LogP contribution in [0.3, 0.4) is 0 Å². The van der Waals surface area contributed by atoms with Crippen molar-refractivity contribution < 1.29 is 23.9 Å². The fraction of sp³-hybridized carbons (Fsp3) is 0.333. The molecule has 1 unspecified atom stereocenters. The second kappa shape index (κ2) is 8.68. The normalized spacial score (nSPS) is 16.8. The Bertz CT molecular complexity index is 1600. The van der Waals surface area contributed by atoms with E-state index in [1.165, 1.54) is 9.47 Å². The molecule has 1 aliphatic carbocycles. The van der Waals surface area contributed by atoms with E-state index >= 15 is 0 Å². The molecular formula is C30H30N2O6. The maximum absolute atomic E-state index is 13.7. The van der Waals surface area contributed by atoms with Gasteiger partial charge in [-0.1, -0.05) is 24.3 Å². The first kappa shape index (κ1) is 25.4. The molecule has 3 aromatic rings. The minimum atomic E-state index is -0.786. The number of anilines is 1. The highest BCUT2D eigenvalue weighted by molar-refractivity contribution is 6.20. The lowest BCUT2D eigenvalue weighted by Gasteiger charge is -2.40. The van der Waals surface area contributed by atoms with E-state index in [4.69, 9.17) is 9.47 Å². The first-order valence-corrected chi connectivity index (χ1v) is 12.5. The van der Waals surface area contributed by atoms with Crippen molar-refractivity contribution in [1.82, 2.24) is 4.57 Å². The number of fused-ring (bicyclic) bond motifs is 4. The van der Waals surface area contributed by atoms with Gasteiger partial charge in [0.1, 0.15) is 11.2 Å². The number of hydrogen-bond donors (Lipinski definition) is 0. The van der Waals surface area contributed by atoms with Crippen LogP contribution in [0.25, 0.3) is 17.0 Å². The molecule has 8 nitrogen and oxygen atoms in total. The summed E-state index contributed by atoms with van der Waals surface area (Å²) in [6.45, 7) is 10.6. The van der Waals surface area contributed by atoms with Gasteiger partial charge in [0.15, 0.2) is 11.2 Å². The molecule has 0 N–H and O–H groups in total. The average Bonchev–Trinajstić information content (AvgIpc) is 2.82. The Kier molecular flexibility index (Phi) is 5.82. The molecule has 0 spiro atoms. The maximum atomic E-state index is 13.7. The molecule has 1 atom stereocenters. The predicted molar refractivity (Wildman–Crippen MR) is 145 cm³/mol. The fourth-order valence-corrected chi connectivity index (χ4v) is 4.99. The minimum absolute atomic E-state index is 0.0347. The van der Waals surface area contributed by atoms with Gasteiger partial charge >= 0.3 is 12.2 Å². The standard InChI is InChI=1S/C30H30N2O6/c1-29(2,3)37-27(35)31-21-13-9-7-11-17(21)25(33)19-16-24-20(15-23(19)31)26(34)18-12-8-10-14-22(18)32(24)28(36)38-30(4,5)6/h7-15,24H,16H2,1-6H3. The van der Waals surface area contributed by atoms with Crippen molar-refractivity contribution in [3.05, 3.63) is 81.1 Å². The van der Waals surface area contributed by atoms with Crippen LogP contribution in [-0.4, -0.2) is 39.8 Å². The number of carbonyl (C=O) groups excluding carboxylic acids is 3. The van der Waals surface area contributed by atoms with Gasteiger partial charge in [-0.05, 0) is 71.9 Å². The van der Waals surface area contributed by atoms with Crippen LogP contribution < -0.4 is 10.3 Å². The Morgan fingerprint density at radius 3 is 2.13 bits per heavy atom. The SMILES string of the molecule is CC(C)(C)OC(=O)N1c2ccccc2C(=O)C2=Cc3c(c(=O)c4ccccc4n3C(=O)OC(C)(C)C)CC21. The van der Waals surface area contributed by atoms with Gasteiger partial charge in [0.2, 0.25) is 0 Å². The molecule has 0 saturated carbocycles. The zero-order valence-corrected chi connectivity index (χ0v) is 22.3. The molecule has 2 aliphatic rings. The number of ketones is 1. The lowest BCUT2D eigenvalue weighted by Crippen LogP contribution is -2.51. The lowest BCUT2D eigenvalue weighted by atomic mass is 9.81. The molecule has 0 fully saturated rings. The molecule has 2 aromatic carbocycles. The van der Waals surface area contributed by atoms with Crippen molar-refractivity contribution in [3.63, 3.8) is 0 Å². The molecule has 196 valence electrons. The minimum Gasteiger partial charge on any atom is -0.443 e. The number of nitrogens with zero attached hydrogens (tertiary/aromatic N) is 2. The second-order valence-corrected chi connectivity index (χ2v) is 11.5. The highest BCUT2D eigenvalue weighted by atomic mass is 16.6. The van der Waals surface area contributed by atoms with Crippen LogP contribution in [0.15, 0.2) is 58.9 Å². The van der Waals surface area contributed by atoms with E-state index in [1.807, 2.05) is 0 Å². The second-order valence-electron chi connectivity index (χ2n) is 11.5. The number of benzene rings is 2. The summed E-state index contributed by atoms with van der Waals surface area (Å²) < 4.78 is 12.8. The van der Waals surface area contributed by atoms with Gasteiger partial charge < -0.3 is 9.47 Å². The molecule has 1 aliphatic heterocycles.